The summed E-state index contributed by atoms with van der Waals surface area (Å²) in [6.07, 6.45) is 4.12. The van der Waals surface area contributed by atoms with E-state index in [0.29, 0.717) is 105 Å². The molecule has 0 bridgehead atoms. The molecule has 15 nitrogen and oxygen atoms in total. The van der Waals surface area contributed by atoms with E-state index in [2.05, 4.69) is 11.0 Å². The number of fused-ring (bicyclic) bond motifs is 1. The van der Waals surface area contributed by atoms with Crippen LogP contribution in [0.4, 0.5) is 4.39 Å². The highest BCUT2D eigenvalue weighted by atomic mass is 19.1. The Balaban J connectivity index is 0.000000848. The van der Waals surface area contributed by atoms with Crippen LogP contribution in [-0.4, -0.2) is 120 Å². The van der Waals surface area contributed by atoms with E-state index in [1.165, 1.54) is 12.1 Å². The number of imidazole rings is 1. The van der Waals surface area contributed by atoms with Gasteiger partial charge in [0.25, 0.3) is 5.91 Å². The topological polar surface area (TPSA) is 179 Å². The molecule has 1 atom stereocenters. The number of para-hydroxylation sites is 2. The number of ketones is 1. The van der Waals surface area contributed by atoms with Crippen molar-refractivity contribution in [3.8, 4) is 28.7 Å². The molecule has 1 amide bonds. The summed E-state index contributed by atoms with van der Waals surface area (Å²) in [4.78, 5) is 56.8. The van der Waals surface area contributed by atoms with Gasteiger partial charge in [-0.3, -0.25) is 9.59 Å². The third-order valence-electron chi connectivity index (χ3n) is 12.2. The summed E-state index contributed by atoms with van der Waals surface area (Å²) >= 11 is 0. The van der Waals surface area contributed by atoms with E-state index >= 15 is 0 Å². The Morgan fingerprint density at radius 1 is 0.776 bits per heavy atom. The number of nitrogens with zero attached hydrogens (tertiary/aromatic N) is 4. The number of hydrogen-bond acceptors (Lipinski definition) is 11. The van der Waals surface area contributed by atoms with Crippen LogP contribution in [0.3, 0.4) is 0 Å². The first-order valence-corrected chi connectivity index (χ1v) is 22.5. The minimum Gasteiger partial charge on any atom is -0.493 e. The number of benzene rings is 4. The number of carboxylic acid groups (broad SMARTS) is 2. The van der Waals surface area contributed by atoms with E-state index in [4.69, 9.17) is 38.9 Å². The first-order valence-electron chi connectivity index (χ1n) is 22.5. The second-order valence-electron chi connectivity index (χ2n) is 16.3. The van der Waals surface area contributed by atoms with Crippen LogP contribution in [0.1, 0.15) is 78.6 Å². The second-order valence-corrected chi connectivity index (χ2v) is 16.3. The largest absolute Gasteiger partial charge is 0.493 e. The van der Waals surface area contributed by atoms with Gasteiger partial charge in [0.2, 0.25) is 11.5 Å². The zero-order valence-electron chi connectivity index (χ0n) is 38.7. The van der Waals surface area contributed by atoms with Gasteiger partial charge in [-0.15, -0.1) is 0 Å². The molecule has 2 saturated heterocycles. The van der Waals surface area contributed by atoms with Crippen LogP contribution in [0.15, 0.2) is 91.0 Å². The lowest BCUT2D eigenvalue weighted by atomic mass is 9.76. The van der Waals surface area contributed by atoms with E-state index in [1.807, 2.05) is 66.6 Å². The SMILES string of the molecule is CCOc1cc(C(=O)N2CCC(CCN3CCC(C(=O)c4nc5ccccc5n4Cc4ccc(F)cc4)CC3)(c3ccc(OC)c(OC)c3)C2)cc(OCC)c1OCC.O=C(O)/C=C\C(=O)O. The molecule has 4 aromatic carbocycles. The molecule has 0 radical (unpaired) electrons. The van der Waals surface area contributed by atoms with Crippen LogP contribution < -0.4 is 23.7 Å². The van der Waals surface area contributed by atoms with E-state index < -0.39 is 11.9 Å². The molecule has 3 heterocycles. The fraction of sp³-hybridized carbons (Fsp3) is 0.392. The summed E-state index contributed by atoms with van der Waals surface area (Å²) in [7, 11) is 3.27. The number of aliphatic carboxylic acids is 2. The molecule has 67 heavy (non-hydrogen) atoms. The summed E-state index contributed by atoms with van der Waals surface area (Å²) in [6, 6.07) is 23.8. The average molecular weight is 923 g/mol. The lowest BCUT2D eigenvalue weighted by Gasteiger charge is -2.36. The Kier molecular flexibility index (Phi) is 17.0. The number of carbonyl (C=O) groups is 4. The van der Waals surface area contributed by atoms with Crippen LogP contribution >= 0.6 is 0 Å². The Morgan fingerprint density at radius 2 is 1.40 bits per heavy atom. The number of carboxylic acids is 2. The van der Waals surface area contributed by atoms with Gasteiger partial charge in [-0.25, -0.2) is 19.0 Å². The Bertz CT molecular complexity index is 2510. The highest BCUT2D eigenvalue weighted by Crippen LogP contribution is 2.44. The molecule has 2 N–H and O–H groups in total. The molecule has 7 rings (SSSR count). The normalized spacial score (nSPS) is 16.4. The molecular formula is C51H59FN4O11. The van der Waals surface area contributed by atoms with Crippen LogP contribution in [0.25, 0.3) is 11.0 Å². The van der Waals surface area contributed by atoms with Crippen molar-refractivity contribution in [2.24, 2.45) is 5.92 Å². The van der Waals surface area contributed by atoms with E-state index in [0.717, 1.165) is 54.6 Å². The van der Waals surface area contributed by atoms with Crippen LogP contribution in [-0.2, 0) is 21.5 Å². The van der Waals surface area contributed by atoms with Crippen molar-refractivity contribution in [1.82, 2.24) is 19.4 Å². The van der Waals surface area contributed by atoms with Crippen molar-refractivity contribution >= 4 is 34.7 Å². The molecule has 1 unspecified atom stereocenters. The lowest BCUT2D eigenvalue weighted by Crippen LogP contribution is -2.41. The van der Waals surface area contributed by atoms with Gasteiger partial charge in [0.05, 0.1) is 45.1 Å². The van der Waals surface area contributed by atoms with Gasteiger partial charge in [-0.2, -0.15) is 0 Å². The lowest BCUT2D eigenvalue weighted by molar-refractivity contribution is -0.134. The van der Waals surface area contributed by atoms with Gasteiger partial charge >= 0.3 is 11.9 Å². The van der Waals surface area contributed by atoms with Gasteiger partial charge in [0.15, 0.2) is 28.8 Å². The highest BCUT2D eigenvalue weighted by molar-refractivity contribution is 5.98. The number of halogens is 1. The Hall–Kier alpha value is -6.94. The highest BCUT2D eigenvalue weighted by Gasteiger charge is 2.43. The van der Waals surface area contributed by atoms with E-state index in [9.17, 15) is 23.6 Å². The van der Waals surface area contributed by atoms with Crippen molar-refractivity contribution in [3.63, 3.8) is 0 Å². The predicted octanol–water partition coefficient (Wildman–Crippen LogP) is 7.92. The maximum atomic E-state index is 14.4. The monoisotopic (exact) mass is 922 g/mol. The number of likely N-dealkylation sites (tertiary alicyclic amines) is 2. The Morgan fingerprint density at radius 3 is 2.00 bits per heavy atom. The summed E-state index contributed by atoms with van der Waals surface area (Å²) in [5.41, 5.74) is 3.78. The van der Waals surface area contributed by atoms with E-state index in [-0.39, 0.29) is 28.8 Å². The first-order chi connectivity index (χ1) is 32.3. The number of rotatable bonds is 19. The minimum absolute atomic E-state index is 0.0454. The Labute approximate surface area is 389 Å². The molecule has 0 saturated carbocycles. The van der Waals surface area contributed by atoms with Gasteiger partial charge in [0.1, 0.15) is 5.82 Å². The smallest absolute Gasteiger partial charge is 0.328 e. The number of piperidine rings is 1. The number of hydrogen-bond donors (Lipinski definition) is 2. The molecule has 2 aliphatic rings. The van der Waals surface area contributed by atoms with Crippen LogP contribution in [0, 0.1) is 11.7 Å². The third kappa shape index (κ3) is 12.1. The fourth-order valence-electron chi connectivity index (χ4n) is 8.80. The zero-order chi connectivity index (χ0) is 48.1. The summed E-state index contributed by atoms with van der Waals surface area (Å²) in [5.74, 6) is 0.205. The number of aromatic nitrogens is 2. The number of carbonyl (C=O) groups excluding carboxylic acids is 2. The van der Waals surface area contributed by atoms with Gasteiger partial charge in [0, 0.05) is 48.7 Å². The average Bonchev–Trinajstić information content (AvgIpc) is 3.94. The van der Waals surface area contributed by atoms with Crippen molar-refractivity contribution in [2.45, 2.75) is 58.4 Å². The maximum absolute atomic E-state index is 14.4. The number of ether oxygens (including phenoxy) is 5. The summed E-state index contributed by atoms with van der Waals surface area (Å²) in [5, 5.41) is 15.6. The standard InChI is InChI=1S/C47H55FN4O7.C4H4O4/c1-6-57-41-27-34(28-42(58-7-2)44(41)59-8-3)46(54)51-26-22-47(31-51,35-15-18-39(55-4)40(29-35)56-5)21-25-50-23-19-33(20-24-50)43(53)45-49-37-11-9-10-12-38(37)52(45)30-32-13-16-36(48)17-14-32;5-3(6)1-2-4(7)8/h9-18,27-29,33H,6-8,19-26,30-31H2,1-5H3;1-2H,(H,5,6)(H,7,8)/b;2-1-. The molecule has 0 spiro atoms. The molecule has 0 aliphatic carbocycles. The molecule has 2 fully saturated rings. The summed E-state index contributed by atoms with van der Waals surface area (Å²) in [6.45, 7) is 10.8. The van der Waals surface area contributed by atoms with Crippen LogP contribution in [0.5, 0.6) is 28.7 Å². The number of Topliss-reactive ketones (excluding diaryl/α,β-unsaturated/α-hetero) is 1. The van der Waals surface area contributed by atoms with Gasteiger partial charge < -0.3 is 48.3 Å². The second kappa shape index (κ2) is 23.0. The molecule has 2 aliphatic heterocycles. The first kappa shape index (κ1) is 49.5. The molecule has 1 aromatic heterocycles. The fourth-order valence-corrected chi connectivity index (χ4v) is 8.80. The predicted molar refractivity (Wildman–Crippen MR) is 249 cm³/mol. The number of methoxy groups -OCH3 is 2. The molecular weight excluding hydrogens is 864 g/mol. The number of amides is 1. The quantitative estimate of drug-likeness (QED) is 0.0603. The summed E-state index contributed by atoms with van der Waals surface area (Å²) < 4.78 is 44.8. The zero-order valence-corrected chi connectivity index (χ0v) is 38.7. The third-order valence-corrected chi connectivity index (χ3v) is 12.2. The van der Waals surface area contributed by atoms with Gasteiger partial charge in [-0.05, 0) is 126 Å². The maximum Gasteiger partial charge on any atom is 0.328 e. The molecule has 5 aromatic rings. The van der Waals surface area contributed by atoms with Crippen molar-refractivity contribution in [1.29, 1.82) is 0 Å². The van der Waals surface area contributed by atoms with Crippen molar-refractivity contribution in [2.75, 3.05) is 66.8 Å². The molecule has 356 valence electrons. The minimum atomic E-state index is -1.26. The van der Waals surface area contributed by atoms with E-state index in [1.54, 1.807) is 38.5 Å². The van der Waals surface area contributed by atoms with Gasteiger partial charge in [-0.1, -0.05) is 30.3 Å². The van der Waals surface area contributed by atoms with Crippen molar-refractivity contribution in [3.05, 3.63) is 119 Å². The van der Waals surface area contributed by atoms with Crippen molar-refractivity contribution < 1.29 is 57.5 Å². The van der Waals surface area contributed by atoms with Crippen LogP contribution in [0.2, 0.25) is 0 Å². The molecule has 16 heteroatoms.